The van der Waals surface area contributed by atoms with Crippen LogP contribution in [0.4, 0.5) is 5.69 Å². The number of aryl methyl sites for hydroxylation is 2. The molecule has 0 aliphatic heterocycles. The highest BCUT2D eigenvalue weighted by Gasteiger charge is 2.24. The monoisotopic (exact) mass is 447 g/mol. The summed E-state index contributed by atoms with van der Waals surface area (Å²) < 4.78 is 2.98. The normalized spacial score (nSPS) is 13.2. The molecule has 0 atom stereocenters. The van der Waals surface area contributed by atoms with Crippen molar-refractivity contribution in [2.24, 2.45) is 0 Å². The summed E-state index contributed by atoms with van der Waals surface area (Å²) in [7, 11) is 0. The van der Waals surface area contributed by atoms with Gasteiger partial charge in [0.1, 0.15) is 4.83 Å². The highest BCUT2D eigenvalue weighted by Crippen LogP contribution is 2.34. The van der Waals surface area contributed by atoms with E-state index >= 15 is 0 Å². The van der Waals surface area contributed by atoms with Gasteiger partial charge in [-0.2, -0.15) is 0 Å². The minimum atomic E-state index is -0.443. The quantitative estimate of drug-likeness (QED) is 0.340. The number of nitrogens with zero attached hydrogens (tertiary/aromatic N) is 3. The van der Waals surface area contributed by atoms with Crippen LogP contribution in [0.2, 0.25) is 0 Å². The molecule has 0 spiro atoms. The molecule has 1 aliphatic carbocycles. The largest absolute Gasteiger partial charge is 0.332 e. The van der Waals surface area contributed by atoms with Crippen molar-refractivity contribution in [3.05, 3.63) is 107 Å². The van der Waals surface area contributed by atoms with Crippen molar-refractivity contribution in [3.8, 4) is 0 Å². The van der Waals surface area contributed by atoms with Gasteiger partial charge in [0.25, 0.3) is 11.2 Å². The molecule has 2 aromatic carbocycles. The van der Waals surface area contributed by atoms with Gasteiger partial charge in [-0.3, -0.25) is 24.0 Å². The molecule has 8 heteroatoms. The summed E-state index contributed by atoms with van der Waals surface area (Å²) in [5.41, 5.74) is 2.16. The fourth-order valence-corrected chi connectivity index (χ4v) is 5.74. The third kappa shape index (κ3) is 3.56. The Labute approximate surface area is 187 Å². The Kier molecular flexibility index (Phi) is 5.22. The van der Waals surface area contributed by atoms with Gasteiger partial charge < -0.3 is 0 Å². The van der Waals surface area contributed by atoms with Gasteiger partial charge in [0.2, 0.25) is 0 Å². The van der Waals surface area contributed by atoms with E-state index in [1.165, 1.54) is 32.9 Å². The highest BCUT2D eigenvalue weighted by molar-refractivity contribution is 7.18. The zero-order valence-electron chi connectivity index (χ0n) is 17.3. The Morgan fingerprint density at radius 1 is 0.875 bits per heavy atom. The molecular formula is C24H21N3O4S. The molecule has 0 bridgehead atoms. The Bertz CT molecular complexity index is 1430. The average molecular weight is 448 g/mol. The number of nitro benzene ring substituents is 1. The van der Waals surface area contributed by atoms with Gasteiger partial charge in [0, 0.05) is 17.0 Å². The Balaban J connectivity index is 1.69. The number of aromatic nitrogens is 2. The molecule has 0 radical (unpaired) electrons. The second-order valence-corrected chi connectivity index (χ2v) is 9.14. The minimum absolute atomic E-state index is 0.00637. The van der Waals surface area contributed by atoms with Crippen molar-refractivity contribution in [1.29, 1.82) is 0 Å². The van der Waals surface area contributed by atoms with Crippen molar-refractivity contribution in [3.63, 3.8) is 0 Å². The molecule has 4 aromatic rings. The number of nitro groups is 1. The molecule has 162 valence electrons. The topological polar surface area (TPSA) is 87.1 Å². The molecule has 0 saturated heterocycles. The van der Waals surface area contributed by atoms with Crippen molar-refractivity contribution in [1.82, 2.24) is 9.13 Å². The smallest absolute Gasteiger partial charge is 0.280 e. The Morgan fingerprint density at radius 3 is 2.25 bits per heavy atom. The lowest BCUT2D eigenvalue weighted by atomic mass is 9.97. The minimum Gasteiger partial charge on any atom is -0.280 e. The lowest BCUT2D eigenvalue weighted by Gasteiger charge is -2.13. The summed E-state index contributed by atoms with van der Waals surface area (Å²) in [4.78, 5) is 39.5. The lowest BCUT2D eigenvalue weighted by Crippen LogP contribution is -2.40. The maximum absolute atomic E-state index is 13.5. The molecule has 1 aliphatic rings. The highest BCUT2D eigenvalue weighted by atomic mass is 32.1. The van der Waals surface area contributed by atoms with Crippen LogP contribution in [-0.2, 0) is 25.9 Å². The maximum atomic E-state index is 13.5. The van der Waals surface area contributed by atoms with E-state index in [-0.39, 0.29) is 30.0 Å². The molecule has 0 amide bonds. The molecule has 0 saturated carbocycles. The first-order valence-corrected chi connectivity index (χ1v) is 11.4. The van der Waals surface area contributed by atoms with Crippen LogP contribution in [0, 0.1) is 10.1 Å². The van der Waals surface area contributed by atoms with E-state index in [9.17, 15) is 19.7 Å². The van der Waals surface area contributed by atoms with E-state index in [4.69, 9.17) is 0 Å². The summed E-state index contributed by atoms with van der Waals surface area (Å²) in [6.07, 6.45) is 3.91. The number of benzene rings is 2. The second-order valence-electron chi connectivity index (χ2n) is 8.06. The first-order valence-electron chi connectivity index (χ1n) is 10.6. The van der Waals surface area contributed by atoms with Gasteiger partial charge in [-0.1, -0.05) is 42.5 Å². The van der Waals surface area contributed by atoms with Crippen LogP contribution in [0.5, 0.6) is 0 Å². The van der Waals surface area contributed by atoms with Crippen LogP contribution in [-0.4, -0.2) is 14.1 Å². The zero-order chi connectivity index (χ0) is 22.2. The fraction of sp³-hybridized carbons (Fsp3) is 0.250. The molecule has 7 nitrogen and oxygen atoms in total. The maximum Gasteiger partial charge on any atom is 0.332 e. The number of thiophene rings is 1. The van der Waals surface area contributed by atoms with Gasteiger partial charge in [-0.05, 0) is 42.4 Å². The molecule has 0 fully saturated rings. The van der Waals surface area contributed by atoms with E-state index in [0.29, 0.717) is 10.2 Å². The van der Waals surface area contributed by atoms with Crippen molar-refractivity contribution in [2.45, 2.75) is 38.8 Å². The number of fused-ring (bicyclic) bond motifs is 3. The molecule has 32 heavy (non-hydrogen) atoms. The van der Waals surface area contributed by atoms with Gasteiger partial charge in [0.05, 0.1) is 23.4 Å². The van der Waals surface area contributed by atoms with E-state index < -0.39 is 4.92 Å². The van der Waals surface area contributed by atoms with E-state index in [0.717, 1.165) is 42.4 Å². The van der Waals surface area contributed by atoms with Gasteiger partial charge in [-0.25, -0.2) is 4.79 Å². The number of rotatable bonds is 5. The average Bonchev–Trinajstić information content (AvgIpc) is 3.20. The van der Waals surface area contributed by atoms with Crippen LogP contribution < -0.4 is 11.2 Å². The summed E-state index contributed by atoms with van der Waals surface area (Å²) >= 11 is 1.54. The molecular weight excluding hydrogens is 426 g/mol. The predicted octanol–water partition coefficient (Wildman–Crippen LogP) is 4.11. The molecule has 0 unspecified atom stereocenters. The first kappa shape index (κ1) is 20.4. The molecule has 0 N–H and O–H groups in total. The SMILES string of the molecule is O=c1c2c3c(sc2n(Cc2ccc([N+](=O)[O-])cc2)c(=O)n1Cc1ccccc1)CCCC3. The molecule has 2 heterocycles. The molecule has 2 aromatic heterocycles. The van der Waals surface area contributed by atoms with Crippen LogP contribution in [0.25, 0.3) is 10.2 Å². The van der Waals surface area contributed by atoms with Crippen molar-refractivity contribution < 1.29 is 4.92 Å². The summed E-state index contributed by atoms with van der Waals surface area (Å²) in [6.45, 7) is 0.459. The van der Waals surface area contributed by atoms with Crippen LogP contribution in [0.3, 0.4) is 0 Å². The third-order valence-electron chi connectivity index (χ3n) is 5.99. The standard InChI is InChI=1S/C24H21N3O4S/c28-22-21-19-8-4-5-9-20(19)32-23(21)26(15-17-10-12-18(13-11-17)27(30)31)24(29)25(22)14-16-6-2-1-3-7-16/h1-3,6-7,10-13H,4-5,8-9,14-15H2. The zero-order valence-corrected chi connectivity index (χ0v) is 18.1. The number of hydrogen-bond acceptors (Lipinski definition) is 5. The van der Waals surface area contributed by atoms with Crippen LogP contribution in [0.1, 0.15) is 34.4 Å². The third-order valence-corrected chi connectivity index (χ3v) is 7.30. The predicted molar refractivity (Wildman–Crippen MR) is 125 cm³/mol. The summed E-state index contributed by atoms with van der Waals surface area (Å²) in [5, 5.41) is 11.6. The summed E-state index contributed by atoms with van der Waals surface area (Å²) in [6, 6.07) is 15.7. The van der Waals surface area contributed by atoms with Crippen molar-refractivity contribution in [2.75, 3.05) is 0 Å². The van der Waals surface area contributed by atoms with E-state index in [2.05, 4.69) is 0 Å². The number of hydrogen-bond donors (Lipinski definition) is 0. The fourth-order valence-electron chi connectivity index (χ4n) is 4.37. The second kappa shape index (κ2) is 8.20. The lowest BCUT2D eigenvalue weighted by molar-refractivity contribution is -0.384. The Hall–Kier alpha value is -3.52. The summed E-state index contributed by atoms with van der Waals surface area (Å²) in [5.74, 6) is 0. The van der Waals surface area contributed by atoms with Gasteiger partial charge in [-0.15, -0.1) is 11.3 Å². The van der Waals surface area contributed by atoms with E-state index in [1.54, 1.807) is 16.7 Å². The van der Waals surface area contributed by atoms with Gasteiger partial charge in [0.15, 0.2) is 0 Å². The van der Waals surface area contributed by atoms with Crippen LogP contribution in [0.15, 0.2) is 64.2 Å². The van der Waals surface area contributed by atoms with Gasteiger partial charge >= 0.3 is 5.69 Å². The van der Waals surface area contributed by atoms with E-state index in [1.807, 2.05) is 30.3 Å². The first-order chi connectivity index (χ1) is 15.5. The van der Waals surface area contributed by atoms with Crippen molar-refractivity contribution >= 4 is 27.2 Å². The Morgan fingerprint density at radius 2 is 1.53 bits per heavy atom. The molecule has 5 rings (SSSR count). The number of non-ortho nitro benzene ring substituents is 1. The van der Waals surface area contributed by atoms with Crippen LogP contribution >= 0.6 is 11.3 Å².